The number of carbonyl (C=O) groups is 2. The number of hydrogen-bond acceptors (Lipinski definition) is 3. The van der Waals surface area contributed by atoms with Crippen molar-refractivity contribution in [2.75, 3.05) is 0 Å². The second-order valence-electron chi connectivity index (χ2n) is 5.23. The standard InChI is InChI=1S/C14H24O4/c1-5-11(2)7-6-10-14(3,4)18-13(17)9-8-12(15)16/h5,11H,1,6-10H2,2-4H3,(H,15,16). The molecule has 0 aliphatic carbocycles. The van der Waals surface area contributed by atoms with Crippen molar-refractivity contribution in [3.05, 3.63) is 12.7 Å². The largest absolute Gasteiger partial charge is 0.481 e. The molecule has 0 spiro atoms. The lowest BCUT2D eigenvalue weighted by atomic mass is 9.96. The molecule has 4 heteroatoms. The summed E-state index contributed by atoms with van der Waals surface area (Å²) in [4.78, 5) is 21.7. The molecule has 18 heavy (non-hydrogen) atoms. The van der Waals surface area contributed by atoms with Crippen molar-refractivity contribution in [1.82, 2.24) is 0 Å². The average Bonchev–Trinajstić information content (AvgIpc) is 2.25. The molecule has 0 radical (unpaired) electrons. The molecule has 0 aliphatic rings. The molecule has 1 atom stereocenters. The summed E-state index contributed by atoms with van der Waals surface area (Å²) in [5, 5.41) is 8.47. The van der Waals surface area contributed by atoms with Gasteiger partial charge in [-0.2, -0.15) is 0 Å². The van der Waals surface area contributed by atoms with Gasteiger partial charge in [0.25, 0.3) is 0 Å². The number of allylic oxidation sites excluding steroid dienone is 1. The molecule has 0 bridgehead atoms. The molecule has 0 aromatic heterocycles. The second kappa shape index (κ2) is 7.90. The van der Waals surface area contributed by atoms with E-state index in [4.69, 9.17) is 9.84 Å². The quantitative estimate of drug-likeness (QED) is 0.508. The summed E-state index contributed by atoms with van der Waals surface area (Å²) >= 11 is 0. The molecule has 1 unspecified atom stereocenters. The monoisotopic (exact) mass is 256 g/mol. The molecule has 0 aliphatic heterocycles. The van der Waals surface area contributed by atoms with Crippen molar-refractivity contribution in [3.8, 4) is 0 Å². The lowest BCUT2D eigenvalue weighted by Crippen LogP contribution is -2.28. The van der Waals surface area contributed by atoms with Crippen molar-refractivity contribution in [3.63, 3.8) is 0 Å². The summed E-state index contributed by atoms with van der Waals surface area (Å²) in [5.74, 6) is -0.966. The zero-order valence-corrected chi connectivity index (χ0v) is 11.6. The van der Waals surface area contributed by atoms with E-state index >= 15 is 0 Å². The molecule has 0 aromatic carbocycles. The minimum Gasteiger partial charge on any atom is -0.481 e. The Morgan fingerprint density at radius 1 is 1.39 bits per heavy atom. The number of ether oxygens (including phenoxy) is 1. The third kappa shape index (κ3) is 8.79. The minimum absolute atomic E-state index is 0.0676. The van der Waals surface area contributed by atoms with E-state index in [0.29, 0.717) is 5.92 Å². The number of aliphatic carboxylic acids is 1. The van der Waals surface area contributed by atoms with Gasteiger partial charge in [-0.15, -0.1) is 6.58 Å². The molecule has 4 nitrogen and oxygen atoms in total. The van der Waals surface area contributed by atoms with E-state index in [9.17, 15) is 9.59 Å². The molecule has 104 valence electrons. The van der Waals surface area contributed by atoms with Gasteiger partial charge in [-0.25, -0.2) is 0 Å². The van der Waals surface area contributed by atoms with E-state index in [1.807, 2.05) is 19.9 Å². The molecule has 0 saturated heterocycles. The molecule has 0 amide bonds. The van der Waals surface area contributed by atoms with Crippen LogP contribution in [0.5, 0.6) is 0 Å². The van der Waals surface area contributed by atoms with Crippen LogP contribution in [0.4, 0.5) is 0 Å². The lowest BCUT2D eigenvalue weighted by Gasteiger charge is -2.25. The van der Waals surface area contributed by atoms with Crippen LogP contribution in [0.1, 0.15) is 52.9 Å². The molecule has 0 fully saturated rings. The zero-order chi connectivity index (χ0) is 14.2. The number of carboxylic acids is 1. The third-order valence-corrected chi connectivity index (χ3v) is 2.77. The summed E-state index contributed by atoms with van der Waals surface area (Å²) in [6, 6.07) is 0. The predicted molar refractivity (Wildman–Crippen MR) is 70.3 cm³/mol. The van der Waals surface area contributed by atoms with Crippen LogP contribution in [-0.4, -0.2) is 22.6 Å². The SMILES string of the molecule is C=CC(C)CCCC(C)(C)OC(=O)CCC(=O)O. The van der Waals surface area contributed by atoms with Crippen molar-refractivity contribution in [2.24, 2.45) is 5.92 Å². The smallest absolute Gasteiger partial charge is 0.306 e. The third-order valence-electron chi connectivity index (χ3n) is 2.77. The van der Waals surface area contributed by atoms with Gasteiger partial charge in [0, 0.05) is 0 Å². The maximum absolute atomic E-state index is 11.4. The van der Waals surface area contributed by atoms with Crippen molar-refractivity contribution in [2.45, 2.75) is 58.5 Å². The van der Waals surface area contributed by atoms with E-state index in [1.165, 1.54) is 0 Å². The maximum atomic E-state index is 11.4. The van der Waals surface area contributed by atoms with E-state index in [2.05, 4.69) is 13.5 Å². The fourth-order valence-electron chi connectivity index (χ4n) is 1.59. The molecule has 0 saturated carbocycles. The Bertz CT molecular complexity index is 294. The van der Waals surface area contributed by atoms with Gasteiger partial charge in [-0.3, -0.25) is 9.59 Å². The Morgan fingerprint density at radius 2 is 2.00 bits per heavy atom. The van der Waals surface area contributed by atoms with Gasteiger partial charge in [0.05, 0.1) is 12.8 Å². The molecule has 1 N–H and O–H groups in total. The number of esters is 1. The first-order valence-corrected chi connectivity index (χ1v) is 6.33. The fourth-order valence-corrected chi connectivity index (χ4v) is 1.59. The second-order valence-corrected chi connectivity index (χ2v) is 5.23. The van der Waals surface area contributed by atoms with E-state index < -0.39 is 17.5 Å². The molecule has 0 heterocycles. The molecule has 0 aromatic rings. The average molecular weight is 256 g/mol. The van der Waals surface area contributed by atoms with Gasteiger partial charge in [0.15, 0.2) is 0 Å². The zero-order valence-electron chi connectivity index (χ0n) is 11.6. The van der Waals surface area contributed by atoms with Crippen LogP contribution < -0.4 is 0 Å². The molecular formula is C14H24O4. The van der Waals surface area contributed by atoms with Crippen LogP contribution in [-0.2, 0) is 14.3 Å². The van der Waals surface area contributed by atoms with Gasteiger partial charge in [-0.1, -0.05) is 13.0 Å². The fraction of sp³-hybridized carbons (Fsp3) is 0.714. The number of carboxylic acid groups (broad SMARTS) is 1. The first-order valence-electron chi connectivity index (χ1n) is 6.33. The van der Waals surface area contributed by atoms with E-state index in [1.54, 1.807) is 0 Å². The van der Waals surface area contributed by atoms with Crippen LogP contribution >= 0.6 is 0 Å². The number of carbonyl (C=O) groups excluding carboxylic acids is 1. The predicted octanol–water partition coefficient (Wildman–Crippen LogP) is 3.17. The van der Waals surface area contributed by atoms with Crippen LogP contribution in [0.25, 0.3) is 0 Å². The van der Waals surface area contributed by atoms with Gasteiger partial charge in [0.2, 0.25) is 0 Å². The Hall–Kier alpha value is -1.32. The Kier molecular flexibility index (Phi) is 7.32. The van der Waals surface area contributed by atoms with Crippen LogP contribution in [0.15, 0.2) is 12.7 Å². The molecule has 0 rings (SSSR count). The van der Waals surface area contributed by atoms with Gasteiger partial charge < -0.3 is 9.84 Å². The summed E-state index contributed by atoms with van der Waals surface area (Å²) < 4.78 is 5.28. The first kappa shape index (κ1) is 16.7. The molecular weight excluding hydrogens is 232 g/mol. The minimum atomic E-state index is -0.982. The Balaban J connectivity index is 3.94. The summed E-state index contributed by atoms with van der Waals surface area (Å²) in [6.07, 6.45) is 4.39. The van der Waals surface area contributed by atoms with Gasteiger partial charge in [-0.05, 0) is 39.0 Å². The van der Waals surface area contributed by atoms with Crippen LogP contribution in [0, 0.1) is 5.92 Å². The van der Waals surface area contributed by atoms with Crippen molar-refractivity contribution >= 4 is 11.9 Å². The highest BCUT2D eigenvalue weighted by Crippen LogP contribution is 2.21. The Morgan fingerprint density at radius 3 is 2.50 bits per heavy atom. The highest BCUT2D eigenvalue weighted by Gasteiger charge is 2.22. The normalized spacial score (nSPS) is 12.8. The van der Waals surface area contributed by atoms with Crippen LogP contribution in [0.2, 0.25) is 0 Å². The maximum Gasteiger partial charge on any atom is 0.306 e. The summed E-state index contributed by atoms with van der Waals surface area (Å²) in [5.41, 5.74) is -0.531. The summed E-state index contributed by atoms with van der Waals surface area (Å²) in [6.45, 7) is 9.52. The number of hydrogen-bond donors (Lipinski definition) is 1. The van der Waals surface area contributed by atoms with E-state index in [-0.39, 0.29) is 12.8 Å². The highest BCUT2D eigenvalue weighted by molar-refractivity contribution is 5.76. The van der Waals surface area contributed by atoms with Crippen molar-refractivity contribution < 1.29 is 19.4 Å². The number of rotatable bonds is 9. The van der Waals surface area contributed by atoms with E-state index in [0.717, 1.165) is 19.3 Å². The summed E-state index contributed by atoms with van der Waals surface area (Å²) in [7, 11) is 0. The topological polar surface area (TPSA) is 63.6 Å². The van der Waals surface area contributed by atoms with Gasteiger partial charge >= 0.3 is 11.9 Å². The van der Waals surface area contributed by atoms with Crippen molar-refractivity contribution in [1.29, 1.82) is 0 Å². The first-order chi connectivity index (χ1) is 8.26. The lowest BCUT2D eigenvalue weighted by molar-refractivity contribution is -0.159. The van der Waals surface area contributed by atoms with Crippen LogP contribution in [0.3, 0.4) is 0 Å². The van der Waals surface area contributed by atoms with Gasteiger partial charge in [0.1, 0.15) is 5.60 Å². The highest BCUT2D eigenvalue weighted by atomic mass is 16.6. The Labute approximate surface area is 109 Å².